The number of halogens is 1. The van der Waals surface area contributed by atoms with E-state index in [1.165, 1.54) is 5.56 Å². The third-order valence-electron chi connectivity index (χ3n) is 3.91. The van der Waals surface area contributed by atoms with Gasteiger partial charge in [-0.15, -0.1) is 0 Å². The lowest BCUT2D eigenvalue weighted by molar-refractivity contribution is 1.01. The number of nitrogens with zero attached hydrogens (tertiary/aromatic N) is 2. The van der Waals surface area contributed by atoms with Crippen molar-refractivity contribution in [2.45, 2.75) is 6.42 Å². The molecule has 0 amide bonds. The zero-order chi connectivity index (χ0) is 15.6. The van der Waals surface area contributed by atoms with Gasteiger partial charge in [0.05, 0.1) is 0 Å². The van der Waals surface area contributed by atoms with Crippen molar-refractivity contribution in [3.8, 4) is 0 Å². The molecule has 2 N–H and O–H groups in total. The van der Waals surface area contributed by atoms with Crippen LogP contribution in [0.25, 0.3) is 21.9 Å². The van der Waals surface area contributed by atoms with Crippen LogP contribution in [0, 0.1) is 0 Å². The van der Waals surface area contributed by atoms with Gasteiger partial charge < -0.3 is 10.3 Å². The Morgan fingerprint density at radius 1 is 1.00 bits per heavy atom. The number of H-pyrrole nitrogens is 1. The molecule has 0 aliphatic carbocycles. The molecule has 0 saturated carbocycles. The van der Waals surface area contributed by atoms with Crippen LogP contribution in [0.1, 0.15) is 5.56 Å². The number of hydrogen-bond acceptors (Lipinski definition) is 3. The third kappa shape index (κ3) is 2.73. The van der Waals surface area contributed by atoms with Gasteiger partial charge in [-0.05, 0) is 30.2 Å². The summed E-state index contributed by atoms with van der Waals surface area (Å²) in [5.74, 6) is 0.833. The van der Waals surface area contributed by atoms with E-state index in [1.54, 1.807) is 6.33 Å². The molecular formula is C18H15ClN4. The highest BCUT2D eigenvalue weighted by Gasteiger charge is 2.09. The zero-order valence-corrected chi connectivity index (χ0v) is 13.1. The maximum atomic E-state index is 5.91. The zero-order valence-electron chi connectivity index (χ0n) is 12.4. The maximum Gasteiger partial charge on any atom is 0.153 e. The highest BCUT2D eigenvalue weighted by Crippen LogP contribution is 2.26. The van der Waals surface area contributed by atoms with Crippen LogP contribution in [-0.4, -0.2) is 21.5 Å². The normalized spacial score (nSPS) is 11.2. The van der Waals surface area contributed by atoms with Gasteiger partial charge in [-0.25, -0.2) is 9.97 Å². The Labute approximate surface area is 138 Å². The number of aromatic nitrogens is 3. The van der Waals surface area contributed by atoms with Crippen LogP contribution in [-0.2, 0) is 6.42 Å². The second-order valence-corrected chi connectivity index (χ2v) is 5.86. The van der Waals surface area contributed by atoms with Crippen LogP contribution in [0.4, 0.5) is 5.82 Å². The monoisotopic (exact) mass is 322 g/mol. The Kier molecular flexibility index (Phi) is 3.60. The van der Waals surface area contributed by atoms with Crippen molar-refractivity contribution in [1.29, 1.82) is 0 Å². The van der Waals surface area contributed by atoms with Crippen molar-refractivity contribution in [1.82, 2.24) is 15.0 Å². The standard InChI is InChI=1S/C18H15ClN4/c19-13-7-5-12(6-8-13)9-10-20-18-17-16(21-11-22-18)14-3-1-2-4-15(14)23-17/h1-8,11,23H,9-10H2,(H,20,21,22). The Morgan fingerprint density at radius 3 is 2.70 bits per heavy atom. The maximum absolute atomic E-state index is 5.91. The number of para-hydroxylation sites is 1. The number of aromatic amines is 1. The number of nitrogens with one attached hydrogen (secondary N) is 2. The molecule has 23 heavy (non-hydrogen) atoms. The Hall–Kier alpha value is -2.59. The molecule has 2 heterocycles. The van der Waals surface area contributed by atoms with Crippen molar-refractivity contribution in [3.05, 3.63) is 65.4 Å². The highest BCUT2D eigenvalue weighted by atomic mass is 35.5. The van der Waals surface area contributed by atoms with E-state index in [4.69, 9.17) is 11.6 Å². The third-order valence-corrected chi connectivity index (χ3v) is 4.16. The van der Waals surface area contributed by atoms with Crippen molar-refractivity contribution in [2.75, 3.05) is 11.9 Å². The molecule has 0 unspecified atom stereocenters. The Bertz CT molecular complexity index is 960. The molecule has 2 aromatic carbocycles. The lowest BCUT2D eigenvalue weighted by Crippen LogP contribution is -2.07. The van der Waals surface area contributed by atoms with Gasteiger partial charge in [0.15, 0.2) is 5.82 Å². The predicted molar refractivity (Wildman–Crippen MR) is 95.0 cm³/mol. The Balaban J connectivity index is 1.58. The molecule has 4 nitrogen and oxygen atoms in total. The Morgan fingerprint density at radius 2 is 1.83 bits per heavy atom. The molecule has 0 radical (unpaired) electrons. The van der Waals surface area contributed by atoms with Gasteiger partial charge in [-0.2, -0.15) is 0 Å². The minimum Gasteiger partial charge on any atom is -0.368 e. The molecule has 114 valence electrons. The van der Waals surface area contributed by atoms with E-state index in [9.17, 15) is 0 Å². The summed E-state index contributed by atoms with van der Waals surface area (Å²) in [6.07, 6.45) is 2.51. The van der Waals surface area contributed by atoms with E-state index in [1.807, 2.05) is 36.4 Å². The minimum absolute atomic E-state index is 0.761. The number of hydrogen-bond donors (Lipinski definition) is 2. The molecule has 5 heteroatoms. The topological polar surface area (TPSA) is 53.6 Å². The molecule has 4 aromatic rings. The van der Waals surface area contributed by atoms with Crippen LogP contribution in [0.5, 0.6) is 0 Å². The first-order valence-corrected chi connectivity index (χ1v) is 7.89. The molecule has 0 atom stereocenters. The molecule has 0 aliphatic heterocycles. The lowest BCUT2D eigenvalue weighted by Gasteiger charge is -2.06. The second-order valence-electron chi connectivity index (χ2n) is 5.42. The van der Waals surface area contributed by atoms with Crippen molar-refractivity contribution in [2.24, 2.45) is 0 Å². The summed E-state index contributed by atoms with van der Waals surface area (Å²) in [5, 5.41) is 5.27. The summed E-state index contributed by atoms with van der Waals surface area (Å²) in [6, 6.07) is 16.1. The molecule has 0 spiro atoms. The molecular weight excluding hydrogens is 308 g/mol. The predicted octanol–water partition coefficient (Wildman–Crippen LogP) is 4.42. The van der Waals surface area contributed by atoms with Crippen LogP contribution < -0.4 is 5.32 Å². The van der Waals surface area contributed by atoms with E-state index >= 15 is 0 Å². The summed E-state index contributed by atoms with van der Waals surface area (Å²) < 4.78 is 0. The van der Waals surface area contributed by atoms with Gasteiger partial charge in [0, 0.05) is 22.5 Å². The first-order valence-electron chi connectivity index (χ1n) is 7.51. The molecule has 4 rings (SSSR count). The first kappa shape index (κ1) is 14.0. The summed E-state index contributed by atoms with van der Waals surface area (Å²) in [5.41, 5.74) is 4.21. The lowest BCUT2D eigenvalue weighted by atomic mass is 10.1. The first-order chi connectivity index (χ1) is 11.3. The van der Waals surface area contributed by atoms with Gasteiger partial charge in [-0.1, -0.05) is 41.9 Å². The van der Waals surface area contributed by atoms with Crippen LogP contribution in [0.2, 0.25) is 5.02 Å². The van der Waals surface area contributed by atoms with E-state index in [0.29, 0.717) is 0 Å². The number of fused-ring (bicyclic) bond motifs is 3. The van der Waals surface area contributed by atoms with E-state index in [-0.39, 0.29) is 0 Å². The SMILES string of the molecule is Clc1ccc(CCNc2ncnc3c2[nH]c2ccccc23)cc1. The average molecular weight is 323 g/mol. The molecule has 0 fully saturated rings. The number of benzene rings is 2. The minimum atomic E-state index is 0.761. The number of rotatable bonds is 4. The van der Waals surface area contributed by atoms with Gasteiger partial charge in [0.1, 0.15) is 17.4 Å². The van der Waals surface area contributed by atoms with Crippen LogP contribution >= 0.6 is 11.6 Å². The van der Waals surface area contributed by atoms with Gasteiger partial charge in [0.2, 0.25) is 0 Å². The number of anilines is 1. The fraction of sp³-hybridized carbons (Fsp3) is 0.111. The van der Waals surface area contributed by atoms with Gasteiger partial charge in [0.25, 0.3) is 0 Å². The van der Waals surface area contributed by atoms with Crippen molar-refractivity contribution < 1.29 is 0 Å². The van der Waals surface area contributed by atoms with E-state index in [0.717, 1.165) is 45.7 Å². The fourth-order valence-electron chi connectivity index (χ4n) is 2.75. The average Bonchev–Trinajstić information content (AvgIpc) is 2.96. The summed E-state index contributed by atoms with van der Waals surface area (Å²) in [6.45, 7) is 0.795. The van der Waals surface area contributed by atoms with E-state index < -0.39 is 0 Å². The molecule has 0 bridgehead atoms. The van der Waals surface area contributed by atoms with Crippen molar-refractivity contribution >= 4 is 39.4 Å². The fourth-order valence-corrected chi connectivity index (χ4v) is 2.88. The summed E-state index contributed by atoms with van der Waals surface area (Å²) in [4.78, 5) is 12.2. The van der Waals surface area contributed by atoms with Gasteiger partial charge in [-0.3, -0.25) is 0 Å². The quantitative estimate of drug-likeness (QED) is 0.585. The summed E-state index contributed by atoms with van der Waals surface area (Å²) >= 11 is 5.91. The smallest absolute Gasteiger partial charge is 0.153 e. The van der Waals surface area contributed by atoms with Crippen LogP contribution in [0.15, 0.2) is 54.9 Å². The largest absolute Gasteiger partial charge is 0.368 e. The molecule has 0 saturated heterocycles. The second kappa shape index (κ2) is 5.89. The van der Waals surface area contributed by atoms with E-state index in [2.05, 4.69) is 32.4 Å². The van der Waals surface area contributed by atoms with Crippen LogP contribution in [0.3, 0.4) is 0 Å². The summed E-state index contributed by atoms with van der Waals surface area (Å²) in [7, 11) is 0. The highest BCUT2D eigenvalue weighted by molar-refractivity contribution is 6.30. The van der Waals surface area contributed by atoms with Gasteiger partial charge >= 0.3 is 0 Å². The van der Waals surface area contributed by atoms with Crippen molar-refractivity contribution in [3.63, 3.8) is 0 Å². The molecule has 0 aliphatic rings. The molecule has 2 aromatic heterocycles.